The van der Waals surface area contributed by atoms with E-state index in [0.29, 0.717) is 6.29 Å². The fourth-order valence-corrected chi connectivity index (χ4v) is 2.21. The first-order valence-corrected chi connectivity index (χ1v) is 6.93. The van der Waals surface area contributed by atoms with Gasteiger partial charge >= 0.3 is 0 Å². The lowest BCUT2D eigenvalue weighted by Crippen LogP contribution is -2.59. The van der Waals surface area contributed by atoms with Crippen molar-refractivity contribution in [2.24, 2.45) is 0 Å². The maximum atomic E-state index is 11.2. The van der Waals surface area contributed by atoms with Crippen molar-refractivity contribution in [1.82, 2.24) is 0 Å². The SMILES string of the molecule is CO[C@H]([C@@H](O)[C@H](C)O)[C@H](C=O)OC1O[C@@H](C)[C@H](O)[C@@H](O)[C@H]1O. The summed E-state index contributed by atoms with van der Waals surface area (Å²) >= 11 is 0. The first-order valence-electron chi connectivity index (χ1n) is 6.93. The molecule has 0 aromatic rings. The third kappa shape index (κ3) is 4.21. The molecule has 1 fully saturated rings. The summed E-state index contributed by atoms with van der Waals surface area (Å²) in [6, 6.07) is 0. The zero-order valence-electron chi connectivity index (χ0n) is 12.6. The van der Waals surface area contributed by atoms with E-state index in [2.05, 4.69) is 0 Å². The summed E-state index contributed by atoms with van der Waals surface area (Å²) < 4.78 is 15.4. The predicted molar refractivity (Wildman–Crippen MR) is 71.8 cm³/mol. The number of aliphatic hydroxyl groups excluding tert-OH is 5. The van der Waals surface area contributed by atoms with Crippen molar-refractivity contribution in [1.29, 1.82) is 0 Å². The van der Waals surface area contributed by atoms with Crippen LogP contribution in [-0.2, 0) is 19.0 Å². The molecular weight excluding hydrogens is 300 g/mol. The van der Waals surface area contributed by atoms with E-state index < -0.39 is 55.1 Å². The van der Waals surface area contributed by atoms with Crippen molar-refractivity contribution < 1.29 is 44.5 Å². The highest BCUT2D eigenvalue weighted by atomic mass is 16.7. The number of hydrogen-bond acceptors (Lipinski definition) is 9. The van der Waals surface area contributed by atoms with Gasteiger partial charge in [-0.25, -0.2) is 0 Å². The van der Waals surface area contributed by atoms with Crippen molar-refractivity contribution in [2.75, 3.05) is 7.11 Å². The van der Waals surface area contributed by atoms with Crippen LogP contribution in [0.15, 0.2) is 0 Å². The highest BCUT2D eigenvalue weighted by Crippen LogP contribution is 2.24. The van der Waals surface area contributed by atoms with E-state index >= 15 is 0 Å². The minimum Gasteiger partial charge on any atom is -0.391 e. The average molecular weight is 324 g/mol. The molecule has 5 N–H and O–H groups in total. The van der Waals surface area contributed by atoms with Crippen LogP contribution < -0.4 is 0 Å². The molecule has 1 aliphatic rings. The van der Waals surface area contributed by atoms with E-state index in [9.17, 15) is 30.3 Å². The molecule has 9 atom stereocenters. The van der Waals surface area contributed by atoms with Gasteiger partial charge in [0.25, 0.3) is 0 Å². The summed E-state index contributed by atoms with van der Waals surface area (Å²) in [5, 5.41) is 48.3. The first-order chi connectivity index (χ1) is 10.2. The lowest BCUT2D eigenvalue weighted by molar-refractivity contribution is -0.309. The van der Waals surface area contributed by atoms with Gasteiger partial charge < -0.3 is 44.5 Å². The van der Waals surface area contributed by atoms with Crippen LogP contribution in [0.25, 0.3) is 0 Å². The monoisotopic (exact) mass is 324 g/mol. The molecule has 1 unspecified atom stereocenters. The van der Waals surface area contributed by atoms with Gasteiger partial charge in [-0.15, -0.1) is 0 Å². The molecule has 0 spiro atoms. The Hall–Kier alpha value is -0.650. The van der Waals surface area contributed by atoms with E-state index in [1.165, 1.54) is 21.0 Å². The number of aliphatic hydroxyl groups is 5. The first kappa shape index (κ1) is 19.4. The Labute approximate surface area is 128 Å². The number of ether oxygens (including phenoxy) is 3. The van der Waals surface area contributed by atoms with Gasteiger partial charge in [0.15, 0.2) is 12.6 Å². The minimum absolute atomic E-state index is 0.331. The van der Waals surface area contributed by atoms with Crippen LogP contribution in [0.5, 0.6) is 0 Å². The molecule has 1 rings (SSSR count). The van der Waals surface area contributed by atoms with Gasteiger partial charge in [-0.2, -0.15) is 0 Å². The summed E-state index contributed by atoms with van der Waals surface area (Å²) in [7, 11) is 1.22. The van der Waals surface area contributed by atoms with Crippen LogP contribution >= 0.6 is 0 Å². The molecule has 1 heterocycles. The number of rotatable bonds is 7. The molecule has 0 aromatic carbocycles. The van der Waals surface area contributed by atoms with Gasteiger partial charge in [0.05, 0.1) is 12.2 Å². The lowest BCUT2D eigenvalue weighted by Gasteiger charge is -2.40. The molecule has 9 nitrogen and oxygen atoms in total. The zero-order valence-corrected chi connectivity index (χ0v) is 12.6. The molecule has 22 heavy (non-hydrogen) atoms. The second-order valence-corrected chi connectivity index (χ2v) is 5.35. The standard InChI is InChI=1S/C13H24O9/c1-5(15)8(16)12(20-3)7(4-14)22-13-11(19)10(18)9(17)6(2)21-13/h4-13,15-19H,1-3H3/t5-,6-,7-,8-,9-,10+,11+,12-,13?/m0/s1. The van der Waals surface area contributed by atoms with Crippen LogP contribution in [-0.4, -0.2) is 94.1 Å². The number of carbonyl (C=O) groups is 1. The van der Waals surface area contributed by atoms with Crippen molar-refractivity contribution in [2.45, 2.75) is 69.0 Å². The summed E-state index contributed by atoms with van der Waals surface area (Å²) in [6.45, 7) is 2.77. The Kier molecular flexibility index (Phi) is 7.29. The number of aldehydes is 1. The van der Waals surface area contributed by atoms with Crippen LogP contribution in [0, 0.1) is 0 Å². The van der Waals surface area contributed by atoms with Gasteiger partial charge in [-0.3, -0.25) is 0 Å². The molecule has 0 aromatic heterocycles. The summed E-state index contributed by atoms with van der Waals surface area (Å²) in [5.74, 6) is 0. The second-order valence-electron chi connectivity index (χ2n) is 5.35. The van der Waals surface area contributed by atoms with Gasteiger partial charge in [-0.05, 0) is 13.8 Å². The van der Waals surface area contributed by atoms with E-state index in [-0.39, 0.29) is 0 Å². The second kappa shape index (κ2) is 8.27. The van der Waals surface area contributed by atoms with Gasteiger partial charge in [-0.1, -0.05) is 0 Å². The third-order valence-electron chi connectivity index (χ3n) is 3.66. The van der Waals surface area contributed by atoms with Crippen LogP contribution in [0.2, 0.25) is 0 Å². The number of carbonyl (C=O) groups excluding carboxylic acids is 1. The van der Waals surface area contributed by atoms with Gasteiger partial charge in [0, 0.05) is 7.11 Å². The van der Waals surface area contributed by atoms with Crippen molar-refractivity contribution in [3.63, 3.8) is 0 Å². The topological polar surface area (TPSA) is 146 Å². The summed E-state index contributed by atoms with van der Waals surface area (Å²) in [4.78, 5) is 11.2. The predicted octanol–water partition coefficient (Wildman–Crippen LogP) is -2.85. The Morgan fingerprint density at radius 3 is 2.18 bits per heavy atom. The van der Waals surface area contributed by atoms with Crippen molar-refractivity contribution in [3.8, 4) is 0 Å². The number of hydrogen-bond donors (Lipinski definition) is 5. The number of methoxy groups -OCH3 is 1. The largest absolute Gasteiger partial charge is 0.391 e. The smallest absolute Gasteiger partial charge is 0.187 e. The van der Waals surface area contributed by atoms with E-state index in [0.717, 1.165) is 0 Å². The molecule has 9 heteroatoms. The molecular formula is C13H24O9. The van der Waals surface area contributed by atoms with E-state index in [4.69, 9.17) is 14.2 Å². The Morgan fingerprint density at radius 2 is 1.73 bits per heavy atom. The maximum Gasteiger partial charge on any atom is 0.187 e. The Bertz CT molecular complexity index is 350. The van der Waals surface area contributed by atoms with Crippen molar-refractivity contribution >= 4 is 6.29 Å². The van der Waals surface area contributed by atoms with Crippen LogP contribution in [0.4, 0.5) is 0 Å². The van der Waals surface area contributed by atoms with E-state index in [1.54, 1.807) is 0 Å². The maximum absolute atomic E-state index is 11.2. The third-order valence-corrected chi connectivity index (χ3v) is 3.66. The van der Waals surface area contributed by atoms with Crippen LogP contribution in [0.1, 0.15) is 13.8 Å². The molecule has 0 radical (unpaired) electrons. The molecule has 0 bridgehead atoms. The minimum atomic E-state index is -1.59. The van der Waals surface area contributed by atoms with Crippen LogP contribution in [0.3, 0.4) is 0 Å². The summed E-state index contributed by atoms with van der Waals surface area (Å²) in [6.07, 6.45) is -11.5. The van der Waals surface area contributed by atoms with E-state index in [1.807, 2.05) is 0 Å². The van der Waals surface area contributed by atoms with Gasteiger partial charge in [0.2, 0.25) is 0 Å². The molecule has 1 aliphatic heterocycles. The lowest BCUT2D eigenvalue weighted by atomic mass is 9.99. The fraction of sp³-hybridized carbons (Fsp3) is 0.923. The van der Waals surface area contributed by atoms with Crippen molar-refractivity contribution in [3.05, 3.63) is 0 Å². The molecule has 0 aliphatic carbocycles. The molecule has 0 amide bonds. The Morgan fingerprint density at radius 1 is 1.14 bits per heavy atom. The normalized spacial score (nSPS) is 38.1. The average Bonchev–Trinajstić information content (AvgIpc) is 2.49. The fourth-order valence-electron chi connectivity index (χ4n) is 2.21. The highest BCUT2D eigenvalue weighted by Gasteiger charge is 2.44. The molecule has 1 saturated heterocycles. The highest BCUT2D eigenvalue weighted by molar-refractivity contribution is 5.57. The van der Waals surface area contributed by atoms with Gasteiger partial charge in [0.1, 0.15) is 36.6 Å². The summed E-state index contributed by atoms with van der Waals surface area (Å²) in [5.41, 5.74) is 0. The quantitative estimate of drug-likeness (QED) is 0.312. The molecule has 0 saturated carbocycles. The molecule has 130 valence electrons. The Balaban J connectivity index is 2.82. The zero-order chi connectivity index (χ0) is 17.0.